The summed E-state index contributed by atoms with van der Waals surface area (Å²) < 4.78 is 4.71. The summed E-state index contributed by atoms with van der Waals surface area (Å²) in [5.41, 5.74) is 1.70. The fourth-order valence-corrected chi connectivity index (χ4v) is 2.83. The van der Waals surface area contributed by atoms with Gasteiger partial charge in [-0.3, -0.25) is 0 Å². The van der Waals surface area contributed by atoms with Crippen molar-refractivity contribution < 1.29 is 9.53 Å². The number of carbonyl (C=O) groups is 1. The summed E-state index contributed by atoms with van der Waals surface area (Å²) in [5.74, 6) is -0.279. The molecule has 0 heterocycles. The monoisotopic (exact) mass is 275 g/mol. The fraction of sp³-hybridized carbons (Fsp3) is 0.588. The number of hydrogen-bond acceptors (Lipinski definition) is 3. The van der Waals surface area contributed by atoms with Crippen LogP contribution < -0.4 is 5.32 Å². The first kappa shape index (κ1) is 14.9. The van der Waals surface area contributed by atoms with Crippen LogP contribution >= 0.6 is 0 Å². The van der Waals surface area contributed by atoms with Crippen LogP contribution in [-0.4, -0.2) is 19.1 Å². The van der Waals surface area contributed by atoms with Crippen LogP contribution in [0.15, 0.2) is 24.3 Å². The first-order valence-electron chi connectivity index (χ1n) is 7.74. The minimum absolute atomic E-state index is 0.279. The quantitative estimate of drug-likeness (QED) is 0.831. The van der Waals surface area contributed by atoms with E-state index in [1.807, 2.05) is 24.3 Å². The predicted molar refractivity (Wildman–Crippen MR) is 82.1 cm³/mol. The lowest BCUT2D eigenvalue weighted by Crippen LogP contribution is -2.19. The van der Waals surface area contributed by atoms with Crippen LogP contribution in [0.25, 0.3) is 0 Å². The number of benzene rings is 1. The largest absolute Gasteiger partial charge is 0.465 e. The van der Waals surface area contributed by atoms with E-state index >= 15 is 0 Å². The van der Waals surface area contributed by atoms with Crippen LogP contribution in [-0.2, 0) is 4.74 Å². The average molecular weight is 275 g/mol. The molecule has 0 aliphatic heterocycles. The van der Waals surface area contributed by atoms with Gasteiger partial charge in [0.05, 0.1) is 12.7 Å². The third-order valence-corrected chi connectivity index (χ3v) is 4.03. The second-order valence-electron chi connectivity index (χ2n) is 5.61. The molecule has 3 nitrogen and oxygen atoms in total. The van der Waals surface area contributed by atoms with Gasteiger partial charge in [0.15, 0.2) is 0 Å². The van der Waals surface area contributed by atoms with Gasteiger partial charge in [-0.05, 0) is 37.1 Å². The second-order valence-corrected chi connectivity index (χ2v) is 5.61. The SMILES string of the molecule is COC(=O)c1ccc(NC2CCCCCCCC2)cc1. The zero-order chi connectivity index (χ0) is 14.2. The van der Waals surface area contributed by atoms with E-state index in [0.717, 1.165) is 5.69 Å². The summed E-state index contributed by atoms with van der Waals surface area (Å²) >= 11 is 0. The lowest BCUT2D eigenvalue weighted by Gasteiger charge is -2.19. The van der Waals surface area contributed by atoms with Crippen LogP contribution in [0.5, 0.6) is 0 Å². The van der Waals surface area contributed by atoms with E-state index in [1.165, 1.54) is 58.5 Å². The lowest BCUT2D eigenvalue weighted by atomic mass is 10.0. The van der Waals surface area contributed by atoms with Gasteiger partial charge < -0.3 is 10.1 Å². The maximum Gasteiger partial charge on any atom is 0.337 e. The first-order valence-corrected chi connectivity index (χ1v) is 7.74. The van der Waals surface area contributed by atoms with E-state index < -0.39 is 0 Å². The van der Waals surface area contributed by atoms with Gasteiger partial charge in [0.25, 0.3) is 0 Å². The molecular formula is C17H25NO2. The van der Waals surface area contributed by atoms with Crippen molar-refractivity contribution in [3.63, 3.8) is 0 Å². The predicted octanol–water partition coefficient (Wildman–Crippen LogP) is 4.39. The molecule has 1 aliphatic carbocycles. The van der Waals surface area contributed by atoms with E-state index in [1.54, 1.807) is 0 Å². The molecule has 110 valence electrons. The van der Waals surface area contributed by atoms with Crippen molar-refractivity contribution >= 4 is 11.7 Å². The molecule has 1 aromatic carbocycles. The van der Waals surface area contributed by atoms with E-state index in [2.05, 4.69) is 5.32 Å². The number of nitrogens with one attached hydrogen (secondary N) is 1. The Morgan fingerprint density at radius 1 is 1.00 bits per heavy atom. The Balaban J connectivity index is 1.92. The maximum atomic E-state index is 11.4. The van der Waals surface area contributed by atoms with Gasteiger partial charge in [0, 0.05) is 11.7 Å². The molecule has 2 rings (SSSR count). The molecule has 1 saturated carbocycles. The highest BCUT2D eigenvalue weighted by Gasteiger charge is 2.11. The van der Waals surface area contributed by atoms with Crippen molar-refractivity contribution in [1.82, 2.24) is 0 Å². The van der Waals surface area contributed by atoms with Crippen molar-refractivity contribution in [2.45, 2.75) is 57.4 Å². The summed E-state index contributed by atoms with van der Waals surface area (Å²) in [4.78, 5) is 11.4. The topological polar surface area (TPSA) is 38.3 Å². The van der Waals surface area contributed by atoms with E-state index in [4.69, 9.17) is 4.74 Å². The third-order valence-electron chi connectivity index (χ3n) is 4.03. The normalized spacial score (nSPS) is 17.6. The molecule has 0 saturated heterocycles. The number of ether oxygens (including phenoxy) is 1. The summed E-state index contributed by atoms with van der Waals surface area (Å²) in [6.45, 7) is 0. The Morgan fingerprint density at radius 3 is 2.10 bits per heavy atom. The van der Waals surface area contributed by atoms with Crippen LogP contribution in [0.1, 0.15) is 61.7 Å². The molecule has 0 radical (unpaired) electrons. The van der Waals surface area contributed by atoms with Gasteiger partial charge in [-0.1, -0.05) is 38.5 Å². The zero-order valence-corrected chi connectivity index (χ0v) is 12.4. The number of hydrogen-bond donors (Lipinski definition) is 1. The van der Waals surface area contributed by atoms with Crippen molar-refractivity contribution in [2.24, 2.45) is 0 Å². The van der Waals surface area contributed by atoms with E-state index in [-0.39, 0.29) is 5.97 Å². The molecule has 0 spiro atoms. The minimum atomic E-state index is -0.279. The molecule has 0 aromatic heterocycles. The number of esters is 1. The average Bonchev–Trinajstić information content (AvgIpc) is 2.61. The number of anilines is 1. The third kappa shape index (κ3) is 4.55. The van der Waals surface area contributed by atoms with E-state index in [9.17, 15) is 4.79 Å². The molecular weight excluding hydrogens is 250 g/mol. The van der Waals surface area contributed by atoms with Crippen LogP contribution in [0.2, 0.25) is 0 Å². The highest BCUT2D eigenvalue weighted by atomic mass is 16.5. The molecule has 0 unspecified atom stereocenters. The Hall–Kier alpha value is -1.51. The van der Waals surface area contributed by atoms with Gasteiger partial charge in [-0.2, -0.15) is 0 Å². The second kappa shape index (κ2) is 7.93. The van der Waals surface area contributed by atoms with Crippen molar-refractivity contribution in [1.29, 1.82) is 0 Å². The van der Waals surface area contributed by atoms with Gasteiger partial charge in [0.1, 0.15) is 0 Å². The molecule has 0 amide bonds. The molecule has 0 bridgehead atoms. The molecule has 1 fully saturated rings. The van der Waals surface area contributed by atoms with Crippen molar-refractivity contribution in [3.05, 3.63) is 29.8 Å². The minimum Gasteiger partial charge on any atom is -0.465 e. The van der Waals surface area contributed by atoms with Crippen LogP contribution in [0.4, 0.5) is 5.69 Å². The molecule has 20 heavy (non-hydrogen) atoms. The van der Waals surface area contributed by atoms with E-state index in [0.29, 0.717) is 11.6 Å². The summed E-state index contributed by atoms with van der Waals surface area (Å²) in [7, 11) is 1.41. The molecule has 1 N–H and O–H groups in total. The Bertz CT molecular complexity index is 404. The van der Waals surface area contributed by atoms with Crippen molar-refractivity contribution in [3.8, 4) is 0 Å². The smallest absolute Gasteiger partial charge is 0.337 e. The highest BCUT2D eigenvalue weighted by molar-refractivity contribution is 5.89. The Kier molecular flexibility index (Phi) is 5.90. The Morgan fingerprint density at radius 2 is 1.55 bits per heavy atom. The number of methoxy groups -OCH3 is 1. The van der Waals surface area contributed by atoms with Gasteiger partial charge in [-0.25, -0.2) is 4.79 Å². The lowest BCUT2D eigenvalue weighted by molar-refractivity contribution is 0.0601. The highest BCUT2D eigenvalue weighted by Crippen LogP contribution is 2.21. The number of rotatable bonds is 3. The number of carbonyl (C=O) groups excluding carboxylic acids is 1. The molecule has 0 atom stereocenters. The standard InChI is InChI=1S/C17H25NO2/c1-20-17(19)14-10-12-16(13-11-14)18-15-8-6-4-2-3-5-7-9-15/h10-13,15,18H,2-9H2,1H3. The Labute approximate surface area is 121 Å². The van der Waals surface area contributed by atoms with Crippen LogP contribution in [0.3, 0.4) is 0 Å². The molecule has 1 aliphatic rings. The molecule has 1 aromatic rings. The summed E-state index contributed by atoms with van der Waals surface area (Å²) in [6.07, 6.45) is 10.6. The fourth-order valence-electron chi connectivity index (χ4n) is 2.83. The summed E-state index contributed by atoms with van der Waals surface area (Å²) in [5, 5.41) is 3.61. The first-order chi connectivity index (χ1) is 9.79. The van der Waals surface area contributed by atoms with Gasteiger partial charge in [-0.15, -0.1) is 0 Å². The maximum absolute atomic E-state index is 11.4. The zero-order valence-electron chi connectivity index (χ0n) is 12.4. The van der Waals surface area contributed by atoms with Gasteiger partial charge >= 0.3 is 5.97 Å². The molecule has 3 heteroatoms. The van der Waals surface area contributed by atoms with Crippen molar-refractivity contribution in [2.75, 3.05) is 12.4 Å². The van der Waals surface area contributed by atoms with Crippen LogP contribution in [0, 0.1) is 0 Å². The van der Waals surface area contributed by atoms with Gasteiger partial charge in [0.2, 0.25) is 0 Å². The summed E-state index contributed by atoms with van der Waals surface area (Å²) in [6, 6.07) is 8.15.